The number of nitriles is 1. The van der Waals surface area contributed by atoms with Crippen molar-refractivity contribution < 1.29 is 19.4 Å². The summed E-state index contributed by atoms with van der Waals surface area (Å²) >= 11 is 0. The molecule has 11 nitrogen and oxygen atoms in total. The summed E-state index contributed by atoms with van der Waals surface area (Å²) < 4.78 is 5.49. The highest BCUT2D eigenvalue weighted by Gasteiger charge is 2.54. The Labute approximate surface area is 201 Å². The number of piperazine rings is 1. The van der Waals surface area contributed by atoms with Gasteiger partial charge in [0.15, 0.2) is 0 Å². The Balaban J connectivity index is 1.35. The van der Waals surface area contributed by atoms with E-state index < -0.39 is 29.5 Å². The summed E-state index contributed by atoms with van der Waals surface area (Å²) in [6.07, 6.45) is 0.660. The maximum atomic E-state index is 12.8. The fourth-order valence-electron chi connectivity index (χ4n) is 5.10. The highest BCUT2D eigenvalue weighted by molar-refractivity contribution is 5.70. The molecule has 11 heteroatoms. The second-order valence-electron chi connectivity index (χ2n) is 9.29. The predicted molar refractivity (Wildman–Crippen MR) is 124 cm³/mol. The SMILES string of the molecule is N#CC[C@H]1CN(c2nc(=O)[nH]c3c2CC2(CC2)N(C(=O)O)C3)CCN1C(=O)OCc1ccccc1. The number of fused-ring (bicyclic) bond motifs is 1. The lowest BCUT2D eigenvalue weighted by molar-refractivity contribution is 0.0767. The molecule has 1 aliphatic carbocycles. The first-order valence-electron chi connectivity index (χ1n) is 11.6. The first-order valence-corrected chi connectivity index (χ1v) is 11.6. The zero-order valence-electron chi connectivity index (χ0n) is 19.1. The van der Waals surface area contributed by atoms with Gasteiger partial charge in [0, 0.05) is 37.3 Å². The number of benzene rings is 1. The number of hydrogen-bond acceptors (Lipinski definition) is 7. The van der Waals surface area contributed by atoms with Crippen LogP contribution in [-0.2, 0) is 24.3 Å². The van der Waals surface area contributed by atoms with Crippen molar-refractivity contribution >= 4 is 18.0 Å². The molecule has 3 aliphatic rings. The minimum atomic E-state index is -0.996. The Morgan fingerprint density at radius 1 is 1.26 bits per heavy atom. The predicted octanol–water partition coefficient (Wildman–Crippen LogP) is 2.08. The minimum Gasteiger partial charge on any atom is -0.465 e. The van der Waals surface area contributed by atoms with Gasteiger partial charge in [-0.25, -0.2) is 14.4 Å². The van der Waals surface area contributed by atoms with Crippen molar-refractivity contribution in [3.8, 4) is 6.07 Å². The molecule has 1 atom stereocenters. The summed E-state index contributed by atoms with van der Waals surface area (Å²) in [5, 5.41) is 19.0. The Hall–Kier alpha value is -4.07. The average Bonchev–Trinajstić information content (AvgIpc) is 3.62. The Kier molecular flexibility index (Phi) is 5.80. The zero-order chi connectivity index (χ0) is 24.6. The largest absolute Gasteiger partial charge is 0.465 e. The number of nitrogens with zero attached hydrogens (tertiary/aromatic N) is 5. The van der Waals surface area contributed by atoms with Crippen LogP contribution in [-0.4, -0.2) is 68.3 Å². The van der Waals surface area contributed by atoms with Crippen LogP contribution in [0.25, 0.3) is 0 Å². The molecule has 1 spiro atoms. The molecular weight excluding hydrogens is 452 g/mol. The molecule has 2 N–H and O–H groups in total. The summed E-state index contributed by atoms with van der Waals surface area (Å²) in [6.45, 7) is 1.32. The third-order valence-corrected chi connectivity index (χ3v) is 7.10. The Morgan fingerprint density at radius 2 is 2.03 bits per heavy atom. The van der Waals surface area contributed by atoms with Crippen LogP contribution in [0, 0.1) is 11.3 Å². The summed E-state index contributed by atoms with van der Waals surface area (Å²) in [5.41, 5.74) is 1.29. The number of rotatable bonds is 4. The van der Waals surface area contributed by atoms with E-state index in [2.05, 4.69) is 16.0 Å². The van der Waals surface area contributed by atoms with Gasteiger partial charge in [-0.1, -0.05) is 30.3 Å². The number of aromatic nitrogens is 2. The topological polar surface area (TPSA) is 143 Å². The third-order valence-electron chi connectivity index (χ3n) is 7.10. The van der Waals surface area contributed by atoms with E-state index in [1.165, 1.54) is 4.90 Å². The van der Waals surface area contributed by atoms with E-state index in [1.54, 1.807) is 4.90 Å². The number of ether oxygens (including phenoxy) is 1. The zero-order valence-corrected chi connectivity index (χ0v) is 19.1. The van der Waals surface area contributed by atoms with Crippen molar-refractivity contribution in [1.82, 2.24) is 19.8 Å². The van der Waals surface area contributed by atoms with Gasteiger partial charge in [-0.15, -0.1) is 0 Å². The molecule has 2 amide bonds. The van der Waals surface area contributed by atoms with Crippen LogP contribution in [0.5, 0.6) is 0 Å². The van der Waals surface area contributed by atoms with Gasteiger partial charge in [-0.2, -0.15) is 10.2 Å². The van der Waals surface area contributed by atoms with Crippen LogP contribution in [0.1, 0.15) is 36.1 Å². The van der Waals surface area contributed by atoms with Crippen LogP contribution in [0.4, 0.5) is 15.4 Å². The number of nitrogens with one attached hydrogen (secondary N) is 1. The number of H-pyrrole nitrogens is 1. The fraction of sp³-hybridized carbons (Fsp3) is 0.458. The monoisotopic (exact) mass is 478 g/mol. The molecule has 0 bridgehead atoms. The molecule has 2 fully saturated rings. The molecule has 1 aromatic carbocycles. The molecule has 1 aromatic heterocycles. The normalized spacial score (nSPS) is 20.2. The molecule has 0 unspecified atom stereocenters. The molecule has 1 saturated heterocycles. The van der Waals surface area contributed by atoms with Crippen LogP contribution >= 0.6 is 0 Å². The van der Waals surface area contributed by atoms with E-state index in [1.807, 2.05) is 35.2 Å². The second-order valence-corrected chi connectivity index (χ2v) is 9.29. The quantitative estimate of drug-likeness (QED) is 0.680. The van der Waals surface area contributed by atoms with Gasteiger partial charge < -0.3 is 24.6 Å². The molecule has 2 aliphatic heterocycles. The third kappa shape index (κ3) is 4.39. The average molecular weight is 479 g/mol. The summed E-state index contributed by atoms with van der Waals surface area (Å²) in [7, 11) is 0. The van der Waals surface area contributed by atoms with Crippen molar-refractivity contribution in [1.29, 1.82) is 5.26 Å². The van der Waals surface area contributed by atoms with E-state index in [-0.39, 0.29) is 19.6 Å². The lowest BCUT2D eigenvalue weighted by Crippen LogP contribution is -2.56. The molecule has 182 valence electrons. The van der Waals surface area contributed by atoms with Gasteiger partial charge in [-0.05, 0) is 18.4 Å². The first-order chi connectivity index (χ1) is 16.9. The molecule has 2 aromatic rings. The lowest BCUT2D eigenvalue weighted by atomic mass is 9.95. The fourth-order valence-corrected chi connectivity index (χ4v) is 5.10. The highest BCUT2D eigenvalue weighted by atomic mass is 16.6. The second kappa shape index (κ2) is 8.94. The van der Waals surface area contributed by atoms with Gasteiger partial charge in [0.25, 0.3) is 0 Å². The molecule has 5 rings (SSSR count). The number of carboxylic acid groups (broad SMARTS) is 1. The highest BCUT2D eigenvalue weighted by Crippen LogP contribution is 2.49. The van der Waals surface area contributed by atoms with Gasteiger partial charge in [-0.3, -0.25) is 4.90 Å². The molecular formula is C24H26N6O5. The van der Waals surface area contributed by atoms with Crippen LogP contribution in [0.15, 0.2) is 35.1 Å². The van der Waals surface area contributed by atoms with Gasteiger partial charge in [0.1, 0.15) is 12.4 Å². The maximum Gasteiger partial charge on any atom is 0.410 e. The van der Waals surface area contributed by atoms with E-state index in [9.17, 15) is 24.8 Å². The van der Waals surface area contributed by atoms with E-state index in [0.717, 1.165) is 24.0 Å². The van der Waals surface area contributed by atoms with Crippen molar-refractivity contribution in [2.75, 3.05) is 24.5 Å². The minimum absolute atomic E-state index is 0.110. The molecule has 1 saturated carbocycles. The number of anilines is 1. The van der Waals surface area contributed by atoms with Gasteiger partial charge >= 0.3 is 17.9 Å². The molecule has 35 heavy (non-hydrogen) atoms. The number of hydrogen-bond donors (Lipinski definition) is 2. The standard InChI is InChI=1S/C24H26N6O5/c25-9-6-17-13-28(10-11-29(17)23(34)35-15-16-4-2-1-3-5-16)20-18-12-24(7-8-24)30(22(32)33)14-19(18)26-21(31)27-20/h1-5,17H,6-8,10-15H2,(H,32,33)(H,26,27,31)/t17-/m0/s1. The number of amides is 2. The number of carbonyl (C=O) groups is 2. The van der Waals surface area contributed by atoms with E-state index in [0.29, 0.717) is 37.6 Å². The first kappa shape index (κ1) is 22.7. The van der Waals surface area contributed by atoms with Gasteiger partial charge in [0.2, 0.25) is 0 Å². The van der Waals surface area contributed by atoms with E-state index in [4.69, 9.17) is 4.74 Å². The number of carbonyl (C=O) groups excluding carboxylic acids is 1. The number of aromatic amines is 1. The smallest absolute Gasteiger partial charge is 0.410 e. The summed E-state index contributed by atoms with van der Waals surface area (Å²) in [4.78, 5) is 48.8. The van der Waals surface area contributed by atoms with Crippen LogP contribution in [0.2, 0.25) is 0 Å². The summed E-state index contributed by atoms with van der Waals surface area (Å²) in [6, 6.07) is 11.1. The van der Waals surface area contributed by atoms with Gasteiger partial charge in [0.05, 0.1) is 30.6 Å². The lowest BCUT2D eigenvalue weighted by Gasteiger charge is -2.42. The molecule has 3 heterocycles. The van der Waals surface area contributed by atoms with Crippen LogP contribution < -0.4 is 10.6 Å². The summed E-state index contributed by atoms with van der Waals surface area (Å²) in [5.74, 6) is 0.514. The van der Waals surface area contributed by atoms with Crippen LogP contribution in [0.3, 0.4) is 0 Å². The maximum absolute atomic E-state index is 12.8. The van der Waals surface area contributed by atoms with Crippen molar-refractivity contribution in [3.05, 3.63) is 57.6 Å². The van der Waals surface area contributed by atoms with E-state index >= 15 is 0 Å². The van der Waals surface area contributed by atoms with Crippen molar-refractivity contribution in [2.45, 2.75) is 50.4 Å². The Morgan fingerprint density at radius 3 is 2.71 bits per heavy atom. The Bertz CT molecular complexity index is 1240. The van der Waals surface area contributed by atoms with Crippen molar-refractivity contribution in [3.63, 3.8) is 0 Å². The molecule has 0 radical (unpaired) electrons. The van der Waals surface area contributed by atoms with Crippen molar-refractivity contribution in [2.24, 2.45) is 0 Å².